The van der Waals surface area contributed by atoms with E-state index >= 15 is 0 Å². The summed E-state index contributed by atoms with van der Waals surface area (Å²) >= 11 is 0. The van der Waals surface area contributed by atoms with E-state index in [4.69, 9.17) is 0 Å². The largest absolute Gasteiger partial charge is 0.335 e. The van der Waals surface area contributed by atoms with E-state index in [2.05, 4.69) is 66.8 Å². The minimum atomic E-state index is 0.0521. The topological polar surface area (TPSA) is 32.3 Å². The number of hydrogen-bond donors (Lipinski definition) is 1. The molecule has 1 saturated heterocycles. The van der Waals surface area contributed by atoms with Crippen molar-refractivity contribution in [1.29, 1.82) is 0 Å². The van der Waals surface area contributed by atoms with Gasteiger partial charge in [-0.2, -0.15) is 0 Å². The maximum absolute atomic E-state index is 13.0. The number of nitrogens with one attached hydrogen (secondary N) is 1. The zero-order valence-corrected chi connectivity index (χ0v) is 16.3. The summed E-state index contributed by atoms with van der Waals surface area (Å²) in [5.74, 6) is 0. The lowest BCUT2D eigenvalue weighted by molar-refractivity contribution is 0.152. The maximum Gasteiger partial charge on any atom is 0.317 e. The van der Waals surface area contributed by atoms with Gasteiger partial charge in [0.1, 0.15) is 0 Å². The average molecular weight is 363 g/mol. The number of benzene rings is 2. The molecule has 0 aromatic heterocycles. The summed E-state index contributed by atoms with van der Waals surface area (Å²) in [5.41, 5.74) is 4.29. The summed E-state index contributed by atoms with van der Waals surface area (Å²) in [6.45, 7) is 3.96. The molecule has 4 rings (SSSR count). The lowest BCUT2D eigenvalue weighted by Gasteiger charge is -2.41. The van der Waals surface area contributed by atoms with Gasteiger partial charge in [-0.1, -0.05) is 61.5 Å². The van der Waals surface area contributed by atoms with Gasteiger partial charge in [0.2, 0.25) is 0 Å². The lowest BCUT2D eigenvalue weighted by atomic mass is 9.76. The average Bonchev–Trinajstić information content (AvgIpc) is 2.91. The van der Waals surface area contributed by atoms with Crippen LogP contribution in [0.4, 0.5) is 4.79 Å². The Morgan fingerprint density at radius 1 is 1.00 bits per heavy atom. The first-order valence-corrected chi connectivity index (χ1v) is 10.3. The number of amides is 2. The molecule has 0 bridgehead atoms. The summed E-state index contributed by atoms with van der Waals surface area (Å²) in [7, 11) is 0. The molecule has 1 fully saturated rings. The third-order valence-corrected chi connectivity index (χ3v) is 6.42. The number of aryl methyl sites for hydroxylation is 2. The molecule has 0 spiro atoms. The first kappa shape index (κ1) is 18.1. The van der Waals surface area contributed by atoms with E-state index in [0.29, 0.717) is 0 Å². The van der Waals surface area contributed by atoms with Gasteiger partial charge in [-0.25, -0.2) is 4.79 Å². The van der Waals surface area contributed by atoms with E-state index in [-0.39, 0.29) is 17.5 Å². The van der Waals surface area contributed by atoms with Crippen molar-refractivity contribution in [3.05, 3.63) is 71.3 Å². The van der Waals surface area contributed by atoms with E-state index in [1.165, 1.54) is 16.7 Å². The van der Waals surface area contributed by atoms with Crippen LogP contribution in [0.3, 0.4) is 0 Å². The number of carbonyl (C=O) groups is 1. The molecule has 1 heterocycles. The summed E-state index contributed by atoms with van der Waals surface area (Å²) < 4.78 is 0. The second kappa shape index (κ2) is 7.75. The minimum Gasteiger partial charge on any atom is -0.335 e. The van der Waals surface area contributed by atoms with E-state index < -0.39 is 0 Å². The molecule has 2 aliphatic rings. The second-order valence-electron chi connectivity index (χ2n) is 8.44. The van der Waals surface area contributed by atoms with Gasteiger partial charge in [0, 0.05) is 24.5 Å². The van der Waals surface area contributed by atoms with Crippen LogP contribution in [-0.2, 0) is 18.3 Å². The number of rotatable bonds is 2. The highest BCUT2D eigenvalue weighted by atomic mass is 16.2. The Morgan fingerprint density at radius 2 is 1.63 bits per heavy atom. The Balaban J connectivity index is 1.38. The van der Waals surface area contributed by atoms with Crippen LogP contribution in [0.2, 0.25) is 0 Å². The third-order valence-electron chi connectivity index (χ3n) is 6.42. The zero-order chi connectivity index (χ0) is 18.7. The van der Waals surface area contributed by atoms with Gasteiger partial charge in [0.05, 0.1) is 0 Å². The quantitative estimate of drug-likeness (QED) is 0.772. The Labute approximate surface area is 162 Å². The molecule has 2 aromatic carbocycles. The van der Waals surface area contributed by atoms with Crippen molar-refractivity contribution in [3.8, 4) is 0 Å². The van der Waals surface area contributed by atoms with Gasteiger partial charge in [-0.15, -0.1) is 0 Å². The standard InChI is InChI=1S/C24H30N2O/c1-24(21-10-3-2-4-11-21)16-7-17-26(18-24)23(27)25-22-14-12-19-8-5-6-9-20(19)13-15-22/h2-6,8-11,22H,7,12-18H2,1H3,(H,25,27). The van der Waals surface area contributed by atoms with Crippen molar-refractivity contribution in [2.75, 3.05) is 13.1 Å². The molecule has 1 aliphatic heterocycles. The molecule has 27 heavy (non-hydrogen) atoms. The molecule has 1 unspecified atom stereocenters. The van der Waals surface area contributed by atoms with Gasteiger partial charge < -0.3 is 10.2 Å². The van der Waals surface area contributed by atoms with Crippen molar-refractivity contribution in [2.24, 2.45) is 0 Å². The number of nitrogens with zero attached hydrogens (tertiary/aromatic N) is 1. The van der Waals surface area contributed by atoms with E-state index in [1.54, 1.807) is 0 Å². The van der Waals surface area contributed by atoms with Crippen LogP contribution in [0.25, 0.3) is 0 Å². The fourth-order valence-electron chi connectivity index (χ4n) is 4.75. The molecule has 1 atom stereocenters. The Kier molecular flexibility index (Phi) is 5.20. The molecule has 1 aliphatic carbocycles. The summed E-state index contributed by atoms with van der Waals surface area (Å²) in [6, 6.07) is 19.8. The molecule has 2 amide bonds. The molecular formula is C24H30N2O. The number of piperidine rings is 1. The highest BCUT2D eigenvalue weighted by Gasteiger charge is 2.35. The second-order valence-corrected chi connectivity index (χ2v) is 8.44. The first-order chi connectivity index (χ1) is 13.1. The number of carbonyl (C=O) groups excluding carboxylic acids is 1. The normalized spacial score (nSPS) is 23.4. The molecular weight excluding hydrogens is 332 g/mol. The number of urea groups is 1. The highest BCUT2D eigenvalue weighted by Crippen LogP contribution is 2.33. The summed E-state index contributed by atoms with van der Waals surface area (Å²) in [5, 5.41) is 3.34. The monoisotopic (exact) mass is 362 g/mol. The maximum atomic E-state index is 13.0. The van der Waals surface area contributed by atoms with Crippen LogP contribution < -0.4 is 5.32 Å². The van der Waals surface area contributed by atoms with E-state index in [9.17, 15) is 4.79 Å². The van der Waals surface area contributed by atoms with E-state index in [1.807, 2.05) is 4.90 Å². The predicted molar refractivity (Wildman–Crippen MR) is 110 cm³/mol. The van der Waals surface area contributed by atoms with Gasteiger partial charge in [-0.05, 0) is 55.2 Å². The SMILES string of the molecule is CC1(c2ccccc2)CCCN(C(=O)NC2CCc3ccccc3CC2)C1. The van der Waals surface area contributed by atoms with Crippen LogP contribution in [-0.4, -0.2) is 30.1 Å². The molecule has 3 heteroatoms. The van der Waals surface area contributed by atoms with Gasteiger partial charge in [-0.3, -0.25) is 0 Å². The fraction of sp³-hybridized carbons (Fsp3) is 0.458. The molecule has 1 N–H and O–H groups in total. The van der Waals surface area contributed by atoms with Gasteiger partial charge >= 0.3 is 6.03 Å². The third kappa shape index (κ3) is 4.02. The number of fused-ring (bicyclic) bond motifs is 1. The zero-order valence-electron chi connectivity index (χ0n) is 16.3. The van der Waals surface area contributed by atoms with Crippen molar-refractivity contribution in [2.45, 2.75) is 56.9 Å². The van der Waals surface area contributed by atoms with Crippen molar-refractivity contribution in [3.63, 3.8) is 0 Å². The predicted octanol–water partition coefficient (Wildman–Crippen LogP) is 4.70. The summed E-state index contributed by atoms with van der Waals surface area (Å²) in [6.07, 6.45) is 6.39. The fourth-order valence-corrected chi connectivity index (χ4v) is 4.75. The van der Waals surface area contributed by atoms with Crippen molar-refractivity contribution < 1.29 is 4.79 Å². The summed E-state index contributed by atoms with van der Waals surface area (Å²) in [4.78, 5) is 15.0. The van der Waals surface area contributed by atoms with Crippen LogP contribution >= 0.6 is 0 Å². The smallest absolute Gasteiger partial charge is 0.317 e. The Morgan fingerprint density at radius 3 is 2.30 bits per heavy atom. The molecule has 3 nitrogen and oxygen atoms in total. The van der Waals surface area contributed by atoms with Crippen molar-refractivity contribution in [1.82, 2.24) is 10.2 Å². The first-order valence-electron chi connectivity index (χ1n) is 10.3. The molecule has 142 valence electrons. The van der Waals surface area contributed by atoms with Gasteiger partial charge in [0.25, 0.3) is 0 Å². The van der Waals surface area contributed by atoms with Gasteiger partial charge in [0.15, 0.2) is 0 Å². The number of likely N-dealkylation sites (tertiary alicyclic amines) is 1. The van der Waals surface area contributed by atoms with Crippen LogP contribution in [0.5, 0.6) is 0 Å². The Hall–Kier alpha value is -2.29. The van der Waals surface area contributed by atoms with Crippen LogP contribution in [0.15, 0.2) is 54.6 Å². The lowest BCUT2D eigenvalue weighted by Crippen LogP contribution is -2.52. The van der Waals surface area contributed by atoms with Crippen LogP contribution in [0.1, 0.15) is 49.3 Å². The molecule has 0 saturated carbocycles. The highest BCUT2D eigenvalue weighted by molar-refractivity contribution is 5.75. The molecule has 2 aromatic rings. The Bertz CT molecular complexity index is 761. The van der Waals surface area contributed by atoms with E-state index in [0.717, 1.165) is 51.6 Å². The molecule has 0 radical (unpaired) electrons. The van der Waals surface area contributed by atoms with Crippen molar-refractivity contribution >= 4 is 6.03 Å². The minimum absolute atomic E-state index is 0.0521. The number of hydrogen-bond acceptors (Lipinski definition) is 1. The van der Waals surface area contributed by atoms with Crippen LogP contribution in [0, 0.1) is 0 Å².